The predicted molar refractivity (Wildman–Crippen MR) is 117 cm³/mol. The summed E-state index contributed by atoms with van der Waals surface area (Å²) in [6.07, 6.45) is 3.08. The lowest BCUT2D eigenvalue weighted by molar-refractivity contribution is 0.473. The Morgan fingerprint density at radius 3 is 2.40 bits per heavy atom. The fourth-order valence-electron chi connectivity index (χ4n) is 3.64. The largest absolute Gasteiger partial charge is 0.507 e. The molecule has 1 radical (unpaired) electrons. The van der Waals surface area contributed by atoms with Crippen LogP contribution in [0.2, 0.25) is 0 Å². The number of nitrogens with two attached hydrogens (primary N) is 1. The van der Waals surface area contributed by atoms with E-state index in [2.05, 4.69) is 39.7 Å². The molecular formula is C24H22N5O. The number of aromatic hydroxyl groups is 1. The van der Waals surface area contributed by atoms with Gasteiger partial charge in [-0.05, 0) is 41.7 Å². The molecule has 5 N–H and O–H groups in total. The maximum Gasteiger partial charge on any atom is 0.126 e. The summed E-state index contributed by atoms with van der Waals surface area (Å²) in [4.78, 5) is 0. The third kappa shape index (κ3) is 4.22. The zero-order valence-corrected chi connectivity index (χ0v) is 16.3. The summed E-state index contributed by atoms with van der Waals surface area (Å²) in [6.45, 7) is 0. The number of amidine groups is 1. The summed E-state index contributed by atoms with van der Waals surface area (Å²) in [6, 6.07) is 23.5. The lowest BCUT2D eigenvalue weighted by Crippen LogP contribution is -2.18. The summed E-state index contributed by atoms with van der Waals surface area (Å²) in [5, 5.41) is 29.0. The third-order valence-corrected chi connectivity index (χ3v) is 5.01. The van der Waals surface area contributed by atoms with Gasteiger partial charge in [-0.3, -0.25) is 10.5 Å². The van der Waals surface area contributed by atoms with E-state index in [1.807, 2.05) is 36.4 Å². The highest BCUT2D eigenvalue weighted by Crippen LogP contribution is 2.32. The van der Waals surface area contributed by atoms with E-state index in [0.29, 0.717) is 18.4 Å². The number of nitrogen functional groups attached to an aromatic ring is 1. The average Bonchev–Trinajstić information content (AvgIpc) is 3.29. The molecule has 0 fully saturated rings. The maximum atomic E-state index is 10.4. The second-order valence-electron chi connectivity index (χ2n) is 7.12. The molecule has 0 unspecified atom stereocenters. The fraction of sp³-hybridized carbons (Fsp3) is 0.0833. The number of nitrogens with zero attached hydrogens (tertiary/aromatic N) is 2. The molecule has 0 aliphatic rings. The molecule has 0 aliphatic carbocycles. The van der Waals surface area contributed by atoms with E-state index in [9.17, 15) is 5.11 Å². The van der Waals surface area contributed by atoms with Crippen molar-refractivity contribution in [3.63, 3.8) is 0 Å². The van der Waals surface area contributed by atoms with E-state index in [-0.39, 0.29) is 11.6 Å². The van der Waals surface area contributed by atoms with E-state index in [4.69, 9.17) is 11.1 Å². The SMILES string of the molecule is N=C(N)c1c(O)cccc1[C](Cc1ccccc1)Cc1cccc(-c2c[nH]nn2)c1. The van der Waals surface area contributed by atoms with Crippen LogP contribution in [0, 0.1) is 11.3 Å². The Morgan fingerprint density at radius 1 is 0.933 bits per heavy atom. The van der Waals surface area contributed by atoms with Gasteiger partial charge >= 0.3 is 0 Å². The van der Waals surface area contributed by atoms with Crippen molar-refractivity contribution in [2.45, 2.75) is 12.8 Å². The summed E-state index contributed by atoms with van der Waals surface area (Å²) >= 11 is 0. The number of rotatable bonds is 7. The number of hydrogen-bond donors (Lipinski definition) is 4. The molecule has 6 nitrogen and oxygen atoms in total. The maximum absolute atomic E-state index is 10.4. The van der Waals surface area contributed by atoms with E-state index in [0.717, 1.165) is 33.9 Å². The van der Waals surface area contributed by atoms with Crippen LogP contribution in [0.15, 0.2) is 79.0 Å². The van der Waals surface area contributed by atoms with E-state index in [1.165, 1.54) is 0 Å². The van der Waals surface area contributed by atoms with Gasteiger partial charge in [0.15, 0.2) is 0 Å². The number of nitrogens with one attached hydrogen (secondary N) is 2. The van der Waals surface area contributed by atoms with Crippen LogP contribution in [0.5, 0.6) is 5.75 Å². The number of aromatic amines is 1. The minimum atomic E-state index is -0.148. The van der Waals surface area contributed by atoms with Crippen molar-refractivity contribution in [1.82, 2.24) is 15.4 Å². The van der Waals surface area contributed by atoms with E-state index >= 15 is 0 Å². The summed E-state index contributed by atoms with van der Waals surface area (Å²) in [5.74, 6) is 0.937. The molecule has 4 rings (SSSR count). The molecule has 0 saturated carbocycles. The van der Waals surface area contributed by atoms with Gasteiger partial charge in [0.05, 0.1) is 5.56 Å². The van der Waals surface area contributed by atoms with Crippen molar-refractivity contribution in [3.05, 3.63) is 107 Å². The zero-order chi connectivity index (χ0) is 20.9. The highest BCUT2D eigenvalue weighted by atomic mass is 16.3. The molecule has 0 bridgehead atoms. The van der Waals surface area contributed by atoms with Crippen LogP contribution in [-0.4, -0.2) is 26.4 Å². The number of phenols is 1. The average molecular weight is 396 g/mol. The Kier molecular flexibility index (Phi) is 5.57. The van der Waals surface area contributed by atoms with Gasteiger partial charge in [0.25, 0.3) is 0 Å². The van der Waals surface area contributed by atoms with Crippen molar-refractivity contribution < 1.29 is 5.11 Å². The first kappa shape index (κ1) is 19.4. The first-order valence-electron chi connectivity index (χ1n) is 9.63. The molecule has 0 atom stereocenters. The number of H-pyrrole nitrogens is 1. The van der Waals surface area contributed by atoms with Crippen LogP contribution in [0.4, 0.5) is 0 Å². The minimum Gasteiger partial charge on any atom is -0.507 e. The van der Waals surface area contributed by atoms with Crippen molar-refractivity contribution >= 4 is 5.84 Å². The Labute approximate surface area is 174 Å². The van der Waals surface area contributed by atoms with Crippen molar-refractivity contribution in [2.75, 3.05) is 0 Å². The molecular weight excluding hydrogens is 374 g/mol. The van der Waals surface area contributed by atoms with Crippen molar-refractivity contribution in [1.29, 1.82) is 5.41 Å². The van der Waals surface area contributed by atoms with Crippen LogP contribution in [0.3, 0.4) is 0 Å². The zero-order valence-electron chi connectivity index (χ0n) is 16.3. The van der Waals surface area contributed by atoms with Crippen LogP contribution in [0.1, 0.15) is 22.3 Å². The van der Waals surface area contributed by atoms with E-state index < -0.39 is 0 Å². The molecule has 4 aromatic rings. The molecule has 0 amide bonds. The number of hydrogen-bond acceptors (Lipinski definition) is 4. The summed E-state index contributed by atoms with van der Waals surface area (Å²) < 4.78 is 0. The highest BCUT2D eigenvalue weighted by molar-refractivity contribution is 5.99. The van der Waals surface area contributed by atoms with Crippen LogP contribution < -0.4 is 5.73 Å². The normalized spacial score (nSPS) is 11.0. The molecule has 6 heteroatoms. The van der Waals surface area contributed by atoms with Gasteiger partial charge in [0, 0.05) is 17.7 Å². The number of benzene rings is 3. The molecule has 1 heterocycles. The van der Waals surface area contributed by atoms with Gasteiger partial charge in [0.1, 0.15) is 17.3 Å². The molecule has 3 aromatic carbocycles. The van der Waals surface area contributed by atoms with Gasteiger partial charge in [-0.25, -0.2) is 0 Å². The second kappa shape index (κ2) is 8.61. The first-order valence-corrected chi connectivity index (χ1v) is 9.63. The topological polar surface area (TPSA) is 112 Å². The first-order chi connectivity index (χ1) is 14.6. The van der Waals surface area contributed by atoms with Gasteiger partial charge in [0.2, 0.25) is 0 Å². The second-order valence-corrected chi connectivity index (χ2v) is 7.12. The van der Waals surface area contributed by atoms with Crippen LogP contribution >= 0.6 is 0 Å². The third-order valence-electron chi connectivity index (χ3n) is 5.01. The van der Waals surface area contributed by atoms with E-state index in [1.54, 1.807) is 18.3 Å². The Bertz CT molecular complexity index is 1140. The highest BCUT2D eigenvalue weighted by Gasteiger charge is 2.21. The summed E-state index contributed by atoms with van der Waals surface area (Å²) in [5.41, 5.74) is 11.0. The lowest BCUT2D eigenvalue weighted by atomic mass is 9.83. The minimum absolute atomic E-state index is 0.0157. The Hall–Kier alpha value is -3.93. The smallest absolute Gasteiger partial charge is 0.126 e. The molecule has 149 valence electrons. The van der Waals surface area contributed by atoms with Gasteiger partial charge < -0.3 is 10.8 Å². The van der Waals surface area contributed by atoms with Crippen LogP contribution in [-0.2, 0) is 12.8 Å². The molecule has 0 aliphatic heterocycles. The monoisotopic (exact) mass is 396 g/mol. The van der Waals surface area contributed by atoms with Gasteiger partial charge in [-0.2, -0.15) is 0 Å². The van der Waals surface area contributed by atoms with Gasteiger partial charge in [-0.15, -0.1) is 5.10 Å². The Morgan fingerprint density at radius 2 is 1.67 bits per heavy atom. The van der Waals surface area contributed by atoms with Crippen LogP contribution in [0.25, 0.3) is 11.3 Å². The number of aromatic nitrogens is 3. The lowest BCUT2D eigenvalue weighted by Gasteiger charge is -2.21. The molecule has 30 heavy (non-hydrogen) atoms. The summed E-state index contributed by atoms with van der Waals surface area (Å²) in [7, 11) is 0. The van der Waals surface area contributed by atoms with Crippen molar-refractivity contribution in [2.24, 2.45) is 5.73 Å². The van der Waals surface area contributed by atoms with Crippen molar-refractivity contribution in [3.8, 4) is 17.0 Å². The van der Waals surface area contributed by atoms with Gasteiger partial charge in [-0.1, -0.05) is 65.9 Å². The number of phenolic OH excluding ortho intramolecular Hbond substituents is 1. The standard InChI is InChI=1S/C24H22N5O/c25-24(26)23-20(10-5-11-22(23)30)19(12-16-6-2-1-3-7-16)14-17-8-4-9-18(13-17)21-15-27-29-28-21/h1-11,13,15,30H,12,14H2,(H3,25,26)(H,27,28,29). The fourth-order valence-corrected chi connectivity index (χ4v) is 3.64. The molecule has 0 spiro atoms. The predicted octanol–water partition coefficient (Wildman–Crippen LogP) is 3.87. The quantitative estimate of drug-likeness (QED) is 0.281. The Balaban J connectivity index is 1.73. The molecule has 0 saturated heterocycles. The molecule has 1 aromatic heterocycles.